The maximum Gasteiger partial charge on any atom is 0.251 e. The Kier molecular flexibility index (Phi) is 4.32. The minimum absolute atomic E-state index is 0.0612. The summed E-state index contributed by atoms with van der Waals surface area (Å²) in [5, 5.41) is 8.63. The highest BCUT2D eigenvalue weighted by Crippen LogP contribution is 2.12. The minimum Gasteiger partial charge on any atom is -0.296 e. The molecular formula is C11H11F3N2. The molecule has 0 fully saturated rings. The van der Waals surface area contributed by atoms with E-state index < -0.39 is 18.8 Å². The molecule has 0 saturated carbocycles. The highest BCUT2D eigenvalue weighted by atomic mass is 19.3. The van der Waals surface area contributed by atoms with Gasteiger partial charge in [-0.1, -0.05) is 0 Å². The molecule has 1 aromatic rings. The molecule has 2 nitrogen and oxygen atoms in total. The van der Waals surface area contributed by atoms with Crippen LogP contribution < -0.4 is 0 Å². The lowest BCUT2D eigenvalue weighted by atomic mass is 10.1. The molecule has 0 aliphatic carbocycles. The Bertz CT molecular complexity index is 399. The van der Waals surface area contributed by atoms with E-state index >= 15 is 0 Å². The normalized spacial score (nSPS) is 10.8. The van der Waals surface area contributed by atoms with Crippen LogP contribution in [0.2, 0.25) is 0 Å². The maximum absolute atomic E-state index is 13.3. The van der Waals surface area contributed by atoms with Crippen molar-refractivity contribution >= 4 is 0 Å². The Labute approximate surface area is 91.9 Å². The quantitative estimate of drug-likeness (QED) is 0.791. The third kappa shape index (κ3) is 3.55. The Balaban J connectivity index is 2.76. The lowest BCUT2D eigenvalue weighted by Gasteiger charge is -2.16. The van der Waals surface area contributed by atoms with Crippen LogP contribution in [-0.4, -0.2) is 24.9 Å². The van der Waals surface area contributed by atoms with Crippen LogP contribution >= 0.6 is 0 Å². The first-order valence-electron chi connectivity index (χ1n) is 4.68. The van der Waals surface area contributed by atoms with Crippen LogP contribution in [-0.2, 0) is 6.54 Å². The topological polar surface area (TPSA) is 27.0 Å². The maximum atomic E-state index is 13.3. The summed E-state index contributed by atoms with van der Waals surface area (Å²) in [5.41, 5.74) is 0.573. The summed E-state index contributed by atoms with van der Waals surface area (Å²) in [6.45, 7) is -0.359. The highest BCUT2D eigenvalue weighted by molar-refractivity contribution is 5.33. The van der Waals surface area contributed by atoms with Gasteiger partial charge < -0.3 is 0 Å². The van der Waals surface area contributed by atoms with Crippen molar-refractivity contribution in [3.63, 3.8) is 0 Å². The van der Waals surface area contributed by atoms with Gasteiger partial charge in [0.25, 0.3) is 6.43 Å². The molecule has 0 spiro atoms. The van der Waals surface area contributed by atoms with Crippen molar-refractivity contribution in [3.05, 3.63) is 35.1 Å². The fourth-order valence-corrected chi connectivity index (χ4v) is 1.36. The molecule has 0 radical (unpaired) electrons. The number of rotatable bonds is 4. The summed E-state index contributed by atoms with van der Waals surface area (Å²) in [7, 11) is 1.48. The summed E-state index contributed by atoms with van der Waals surface area (Å²) >= 11 is 0. The standard InChI is InChI=1S/C11H11F3N2/c1-16(7-11(13)14)6-9-4-8(5-15)2-3-10(9)12/h2-4,11H,6-7H2,1H3. The van der Waals surface area contributed by atoms with Crippen LogP contribution in [0.4, 0.5) is 13.2 Å². The first-order valence-corrected chi connectivity index (χ1v) is 4.68. The minimum atomic E-state index is -2.45. The van der Waals surface area contributed by atoms with E-state index in [4.69, 9.17) is 5.26 Å². The predicted molar refractivity (Wildman–Crippen MR) is 53.5 cm³/mol. The molecule has 0 unspecified atom stereocenters. The molecule has 5 heteroatoms. The fourth-order valence-electron chi connectivity index (χ4n) is 1.36. The molecule has 0 amide bonds. The largest absolute Gasteiger partial charge is 0.296 e. The monoisotopic (exact) mass is 228 g/mol. The Morgan fingerprint density at radius 2 is 2.12 bits per heavy atom. The Morgan fingerprint density at radius 1 is 1.44 bits per heavy atom. The third-order valence-electron chi connectivity index (χ3n) is 2.06. The van der Waals surface area contributed by atoms with Gasteiger partial charge in [-0.3, -0.25) is 4.90 Å². The van der Waals surface area contributed by atoms with Gasteiger partial charge in [0.05, 0.1) is 18.2 Å². The van der Waals surface area contributed by atoms with Gasteiger partial charge in [-0.2, -0.15) is 5.26 Å². The Hall–Kier alpha value is -1.54. The first-order chi connectivity index (χ1) is 7.52. The number of nitriles is 1. The van der Waals surface area contributed by atoms with Crippen LogP contribution in [0, 0.1) is 17.1 Å². The predicted octanol–water partition coefficient (Wildman–Crippen LogP) is 2.39. The zero-order valence-electron chi connectivity index (χ0n) is 8.75. The third-order valence-corrected chi connectivity index (χ3v) is 2.06. The van der Waals surface area contributed by atoms with Crippen LogP contribution in [0.3, 0.4) is 0 Å². The summed E-state index contributed by atoms with van der Waals surface area (Å²) in [6.07, 6.45) is -2.45. The van der Waals surface area contributed by atoms with Crippen LogP contribution in [0.1, 0.15) is 11.1 Å². The summed E-state index contributed by atoms with van der Waals surface area (Å²) in [4.78, 5) is 1.31. The molecule has 1 aromatic carbocycles. The van der Waals surface area contributed by atoms with Gasteiger partial charge >= 0.3 is 0 Å². The van der Waals surface area contributed by atoms with Gasteiger partial charge in [-0.25, -0.2) is 13.2 Å². The number of benzene rings is 1. The molecule has 0 aliphatic heterocycles. The van der Waals surface area contributed by atoms with Gasteiger partial charge in [0.1, 0.15) is 5.82 Å². The molecule has 0 aromatic heterocycles. The van der Waals surface area contributed by atoms with E-state index in [2.05, 4.69) is 0 Å². The van der Waals surface area contributed by atoms with Crippen molar-refractivity contribution in [3.8, 4) is 6.07 Å². The van der Waals surface area contributed by atoms with Gasteiger partial charge in [-0.05, 0) is 25.2 Å². The number of hydrogen-bond acceptors (Lipinski definition) is 2. The highest BCUT2D eigenvalue weighted by Gasteiger charge is 2.11. The zero-order valence-corrected chi connectivity index (χ0v) is 8.75. The van der Waals surface area contributed by atoms with Crippen molar-refractivity contribution in [1.82, 2.24) is 4.90 Å². The van der Waals surface area contributed by atoms with Crippen LogP contribution in [0.5, 0.6) is 0 Å². The van der Waals surface area contributed by atoms with E-state index in [1.807, 2.05) is 6.07 Å². The Morgan fingerprint density at radius 3 is 2.69 bits per heavy atom. The molecule has 16 heavy (non-hydrogen) atoms. The van der Waals surface area contributed by atoms with Crippen molar-refractivity contribution in [2.45, 2.75) is 13.0 Å². The van der Waals surface area contributed by atoms with Crippen molar-refractivity contribution in [2.75, 3.05) is 13.6 Å². The SMILES string of the molecule is CN(Cc1cc(C#N)ccc1F)CC(F)F. The molecule has 0 N–H and O–H groups in total. The van der Waals surface area contributed by atoms with Gasteiger partial charge in [-0.15, -0.1) is 0 Å². The number of hydrogen-bond donors (Lipinski definition) is 0. The second-order valence-electron chi connectivity index (χ2n) is 3.51. The molecule has 86 valence electrons. The number of nitrogens with zero attached hydrogens (tertiary/aromatic N) is 2. The van der Waals surface area contributed by atoms with E-state index in [1.54, 1.807) is 0 Å². The summed E-state index contributed by atoms with van der Waals surface area (Å²) in [5.74, 6) is -0.486. The summed E-state index contributed by atoms with van der Waals surface area (Å²) < 4.78 is 37.4. The molecule has 0 atom stereocenters. The molecule has 0 aliphatic rings. The van der Waals surface area contributed by atoms with Crippen molar-refractivity contribution < 1.29 is 13.2 Å². The van der Waals surface area contributed by atoms with Crippen molar-refractivity contribution in [2.24, 2.45) is 0 Å². The van der Waals surface area contributed by atoms with Crippen LogP contribution in [0.25, 0.3) is 0 Å². The molecular weight excluding hydrogens is 217 g/mol. The van der Waals surface area contributed by atoms with E-state index in [0.717, 1.165) is 0 Å². The van der Waals surface area contributed by atoms with E-state index in [9.17, 15) is 13.2 Å². The van der Waals surface area contributed by atoms with Gasteiger partial charge in [0.15, 0.2) is 0 Å². The fraction of sp³-hybridized carbons (Fsp3) is 0.364. The lowest BCUT2D eigenvalue weighted by molar-refractivity contribution is 0.0971. The second kappa shape index (κ2) is 5.52. The number of halogens is 3. The van der Waals surface area contributed by atoms with E-state index in [-0.39, 0.29) is 12.1 Å². The van der Waals surface area contributed by atoms with Gasteiger partial charge in [0, 0.05) is 12.1 Å². The van der Waals surface area contributed by atoms with Gasteiger partial charge in [0.2, 0.25) is 0 Å². The first kappa shape index (κ1) is 12.5. The average Bonchev–Trinajstić information content (AvgIpc) is 2.20. The van der Waals surface area contributed by atoms with Crippen molar-refractivity contribution in [1.29, 1.82) is 5.26 Å². The second-order valence-corrected chi connectivity index (χ2v) is 3.51. The zero-order chi connectivity index (χ0) is 12.1. The smallest absolute Gasteiger partial charge is 0.251 e. The molecule has 0 bridgehead atoms. The number of alkyl halides is 2. The lowest BCUT2D eigenvalue weighted by Crippen LogP contribution is -2.24. The van der Waals surface area contributed by atoms with E-state index in [0.29, 0.717) is 5.56 Å². The molecule has 0 heterocycles. The summed E-state index contributed by atoms with van der Waals surface area (Å²) in [6, 6.07) is 5.77. The average molecular weight is 228 g/mol. The molecule has 0 saturated heterocycles. The van der Waals surface area contributed by atoms with E-state index in [1.165, 1.54) is 30.1 Å². The van der Waals surface area contributed by atoms with Crippen LogP contribution in [0.15, 0.2) is 18.2 Å². The molecule has 1 rings (SSSR count).